The molecule has 0 saturated heterocycles. The van der Waals surface area contributed by atoms with E-state index < -0.39 is 0 Å². The third kappa shape index (κ3) is 6.31. The number of aliphatic hydroxyl groups excluding tert-OH is 1. The van der Waals surface area contributed by atoms with Gasteiger partial charge in [-0.2, -0.15) is 11.8 Å². The smallest absolute Gasteiger partial charge is 0.0521 e. The van der Waals surface area contributed by atoms with Crippen molar-refractivity contribution < 1.29 is 5.11 Å². The van der Waals surface area contributed by atoms with E-state index >= 15 is 0 Å². The lowest BCUT2D eigenvalue weighted by molar-refractivity contribution is 0.322. The second kappa shape index (κ2) is 8.50. The molecular formula is C12H17NOS. The zero-order valence-electron chi connectivity index (χ0n) is 8.80. The zero-order valence-corrected chi connectivity index (χ0v) is 9.62. The van der Waals surface area contributed by atoms with E-state index in [-0.39, 0.29) is 6.61 Å². The van der Waals surface area contributed by atoms with Crippen LogP contribution in [-0.4, -0.2) is 36.0 Å². The first-order chi connectivity index (χ1) is 7.43. The largest absolute Gasteiger partial charge is 0.396 e. The van der Waals surface area contributed by atoms with E-state index in [1.807, 2.05) is 36.5 Å². The van der Waals surface area contributed by atoms with Gasteiger partial charge in [0.2, 0.25) is 0 Å². The number of hydrogen-bond acceptors (Lipinski definition) is 3. The Morgan fingerprint density at radius 1 is 1.20 bits per heavy atom. The van der Waals surface area contributed by atoms with Crippen molar-refractivity contribution >= 4 is 18.0 Å². The van der Waals surface area contributed by atoms with Gasteiger partial charge in [0.25, 0.3) is 0 Å². The Morgan fingerprint density at radius 3 is 2.73 bits per heavy atom. The Hall–Kier alpha value is -0.800. The molecule has 0 amide bonds. The molecule has 0 spiro atoms. The van der Waals surface area contributed by atoms with Crippen LogP contribution in [0.1, 0.15) is 12.0 Å². The Balaban J connectivity index is 2.07. The van der Waals surface area contributed by atoms with Crippen LogP contribution < -0.4 is 0 Å². The minimum Gasteiger partial charge on any atom is -0.396 e. The quantitative estimate of drug-likeness (QED) is 0.568. The summed E-state index contributed by atoms with van der Waals surface area (Å²) in [6, 6.07) is 10.1. The molecule has 2 nitrogen and oxygen atoms in total. The van der Waals surface area contributed by atoms with Gasteiger partial charge in [-0.15, -0.1) is 0 Å². The molecule has 0 bridgehead atoms. The molecule has 0 aromatic heterocycles. The highest BCUT2D eigenvalue weighted by Gasteiger charge is 1.87. The first-order valence-corrected chi connectivity index (χ1v) is 6.32. The lowest BCUT2D eigenvalue weighted by Crippen LogP contribution is -1.91. The van der Waals surface area contributed by atoms with E-state index in [4.69, 9.17) is 5.11 Å². The van der Waals surface area contributed by atoms with Gasteiger partial charge >= 0.3 is 0 Å². The molecule has 15 heavy (non-hydrogen) atoms. The molecule has 82 valence electrons. The molecule has 3 heteroatoms. The van der Waals surface area contributed by atoms with Gasteiger partial charge in [-0.05, 0) is 17.7 Å². The fourth-order valence-corrected chi connectivity index (χ4v) is 1.80. The van der Waals surface area contributed by atoms with Crippen molar-refractivity contribution in [1.29, 1.82) is 0 Å². The number of aliphatic imine (C=N–C) groups is 1. The SMILES string of the molecule is OCCSCCCN=Cc1ccccc1. The summed E-state index contributed by atoms with van der Waals surface area (Å²) in [5.41, 5.74) is 1.15. The van der Waals surface area contributed by atoms with Crippen LogP contribution in [0, 0.1) is 0 Å². The van der Waals surface area contributed by atoms with Crippen LogP contribution >= 0.6 is 11.8 Å². The fraction of sp³-hybridized carbons (Fsp3) is 0.417. The van der Waals surface area contributed by atoms with Gasteiger partial charge in [-0.1, -0.05) is 30.3 Å². The monoisotopic (exact) mass is 223 g/mol. The van der Waals surface area contributed by atoms with Crippen LogP contribution in [0.3, 0.4) is 0 Å². The summed E-state index contributed by atoms with van der Waals surface area (Å²) >= 11 is 1.78. The normalized spacial score (nSPS) is 11.0. The van der Waals surface area contributed by atoms with E-state index in [9.17, 15) is 0 Å². The summed E-state index contributed by atoms with van der Waals surface area (Å²) < 4.78 is 0. The lowest BCUT2D eigenvalue weighted by Gasteiger charge is -1.96. The topological polar surface area (TPSA) is 32.6 Å². The molecule has 1 aromatic carbocycles. The van der Waals surface area contributed by atoms with Crippen molar-refractivity contribution in [3.05, 3.63) is 35.9 Å². The van der Waals surface area contributed by atoms with E-state index in [0.29, 0.717) is 0 Å². The summed E-state index contributed by atoms with van der Waals surface area (Å²) in [6.07, 6.45) is 2.99. The van der Waals surface area contributed by atoms with Gasteiger partial charge in [-0.3, -0.25) is 4.99 Å². The summed E-state index contributed by atoms with van der Waals surface area (Å²) in [6.45, 7) is 1.14. The van der Waals surface area contributed by atoms with Crippen LogP contribution in [0.15, 0.2) is 35.3 Å². The maximum absolute atomic E-state index is 8.57. The van der Waals surface area contributed by atoms with Crippen LogP contribution in [0.4, 0.5) is 0 Å². The molecule has 0 unspecified atom stereocenters. The Bertz CT molecular complexity index is 274. The summed E-state index contributed by atoms with van der Waals surface area (Å²) in [7, 11) is 0. The van der Waals surface area contributed by atoms with Crippen molar-refractivity contribution in [3.8, 4) is 0 Å². The first kappa shape index (κ1) is 12.3. The standard InChI is InChI=1S/C12H17NOS/c14-8-10-15-9-4-7-13-11-12-5-2-1-3-6-12/h1-3,5-6,11,14H,4,7-10H2. The van der Waals surface area contributed by atoms with E-state index in [0.717, 1.165) is 30.0 Å². The Morgan fingerprint density at radius 2 is 2.00 bits per heavy atom. The molecule has 0 radical (unpaired) electrons. The minimum atomic E-state index is 0.276. The number of benzene rings is 1. The Labute approximate surface area is 95.4 Å². The molecule has 0 aliphatic rings. The predicted octanol–water partition coefficient (Wildman–Crippen LogP) is 2.22. The zero-order chi connectivity index (χ0) is 10.8. The highest BCUT2D eigenvalue weighted by molar-refractivity contribution is 7.99. The molecule has 0 fully saturated rings. The van der Waals surface area contributed by atoms with Gasteiger partial charge in [0.15, 0.2) is 0 Å². The van der Waals surface area contributed by atoms with Gasteiger partial charge in [0, 0.05) is 18.5 Å². The molecule has 0 heterocycles. The van der Waals surface area contributed by atoms with Crippen molar-refractivity contribution in [2.45, 2.75) is 6.42 Å². The number of thioether (sulfide) groups is 1. The lowest BCUT2D eigenvalue weighted by atomic mass is 10.2. The van der Waals surface area contributed by atoms with Crippen LogP contribution in [0.25, 0.3) is 0 Å². The van der Waals surface area contributed by atoms with Gasteiger partial charge in [-0.25, -0.2) is 0 Å². The maximum atomic E-state index is 8.57. The van der Waals surface area contributed by atoms with Crippen molar-refractivity contribution in [2.24, 2.45) is 4.99 Å². The molecule has 1 aromatic rings. The van der Waals surface area contributed by atoms with E-state index in [1.54, 1.807) is 11.8 Å². The molecule has 0 atom stereocenters. The van der Waals surface area contributed by atoms with Crippen LogP contribution in [0.5, 0.6) is 0 Å². The van der Waals surface area contributed by atoms with Crippen molar-refractivity contribution in [2.75, 3.05) is 24.7 Å². The highest BCUT2D eigenvalue weighted by atomic mass is 32.2. The predicted molar refractivity (Wildman–Crippen MR) is 67.9 cm³/mol. The van der Waals surface area contributed by atoms with Crippen molar-refractivity contribution in [1.82, 2.24) is 0 Å². The maximum Gasteiger partial charge on any atom is 0.0521 e. The number of aliphatic hydroxyl groups is 1. The third-order valence-electron chi connectivity index (χ3n) is 1.85. The summed E-state index contributed by atoms with van der Waals surface area (Å²) in [4.78, 5) is 4.34. The molecule has 0 saturated carbocycles. The highest BCUT2D eigenvalue weighted by Crippen LogP contribution is 2.01. The molecule has 1 N–H and O–H groups in total. The van der Waals surface area contributed by atoms with Gasteiger partial charge < -0.3 is 5.11 Å². The summed E-state index contributed by atoms with van der Waals surface area (Å²) in [5.74, 6) is 1.91. The number of rotatable bonds is 7. The average molecular weight is 223 g/mol. The number of hydrogen-bond donors (Lipinski definition) is 1. The van der Waals surface area contributed by atoms with Crippen molar-refractivity contribution in [3.63, 3.8) is 0 Å². The second-order valence-corrected chi connectivity index (χ2v) is 4.36. The minimum absolute atomic E-state index is 0.276. The fourth-order valence-electron chi connectivity index (χ4n) is 1.13. The molecule has 0 aliphatic carbocycles. The molecule has 1 rings (SSSR count). The Kier molecular flexibility index (Phi) is 6.96. The molecular weight excluding hydrogens is 206 g/mol. The molecule has 0 aliphatic heterocycles. The second-order valence-electron chi connectivity index (χ2n) is 3.14. The van der Waals surface area contributed by atoms with Gasteiger partial charge in [0.1, 0.15) is 0 Å². The van der Waals surface area contributed by atoms with Gasteiger partial charge in [0.05, 0.1) is 6.61 Å². The summed E-state index contributed by atoms with van der Waals surface area (Å²) in [5, 5.41) is 8.57. The third-order valence-corrected chi connectivity index (χ3v) is 2.90. The van der Waals surface area contributed by atoms with Crippen LogP contribution in [-0.2, 0) is 0 Å². The first-order valence-electron chi connectivity index (χ1n) is 5.17. The van der Waals surface area contributed by atoms with E-state index in [1.165, 1.54) is 0 Å². The van der Waals surface area contributed by atoms with E-state index in [2.05, 4.69) is 4.99 Å². The number of nitrogens with zero attached hydrogens (tertiary/aromatic N) is 1. The van der Waals surface area contributed by atoms with Crippen LogP contribution in [0.2, 0.25) is 0 Å². The average Bonchev–Trinajstić information content (AvgIpc) is 2.29.